The van der Waals surface area contributed by atoms with Gasteiger partial charge in [0, 0.05) is 54.7 Å². The topological polar surface area (TPSA) is 28.6 Å². The van der Waals surface area contributed by atoms with Gasteiger partial charge in [-0.15, -0.1) is 11.3 Å². The van der Waals surface area contributed by atoms with Crippen LogP contribution in [-0.2, 0) is 17.9 Å². The van der Waals surface area contributed by atoms with Crippen LogP contribution in [-0.4, -0.2) is 53.1 Å². The molecule has 4 heterocycles. The van der Waals surface area contributed by atoms with Crippen LogP contribution in [0.3, 0.4) is 0 Å². The van der Waals surface area contributed by atoms with E-state index in [9.17, 15) is 0 Å². The quantitative estimate of drug-likeness (QED) is 0.835. The first-order chi connectivity index (χ1) is 11.8. The molecule has 4 rings (SSSR count). The molecule has 2 aliphatic heterocycles. The van der Waals surface area contributed by atoms with Crippen LogP contribution in [0.4, 0.5) is 0 Å². The van der Waals surface area contributed by atoms with E-state index in [1.54, 1.807) is 0 Å². The summed E-state index contributed by atoms with van der Waals surface area (Å²) < 4.78 is 6.12. The van der Waals surface area contributed by atoms with Gasteiger partial charge in [0.25, 0.3) is 0 Å². The minimum Gasteiger partial charge on any atom is -0.371 e. The van der Waals surface area contributed by atoms with Gasteiger partial charge in [0.15, 0.2) is 0 Å². The number of rotatable bonds is 5. The molecule has 0 aliphatic carbocycles. The van der Waals surface area contributed by atoms with Crippen LogP contribution in [0.5, 0.6) is 0 Å². The van der Waals surface area contributed by atoms with Gasteiger partial charge < -0.3 is 4.74 Å². The van der Waals surface area contributed by atoms with Gasteiger partial charge in [-0.05, 0) is 37.6 Å². The van der Waals surface area contributed by atoms with Crippen LogP contribution in [0.2, 0.25) is 0 Å². The lowest BCUT2D eigenvalue weighted by Crippen LogP contribution is -2.49. The van der Waals surface area contributed by atoms with Crippen LogP contribution in [0, 0.1) is 6.92 Å². The zero-order valence-corrected chi connectivity index (χ0v) is 15.0. The predicted octanol–water partition coefficient (Wildman–Crippen LogP) is 2.93. The fraction of sp³-hybridized carbons (Fsp3) is 0.526. The summed E-state index contributed by atoms with van der Waals surface area (Å²) in [7, 11) is 0. The average Bonchev–Trinajstić information content (AvgIpc) is 3.19. The number of thiophene rings is 1. The summed E-state index contributed by atoms with van der Waals surface area (Å²) in [6.07, 6.45) is 3.33. The van der Waals surface area contributed by atoms with Crippen molar-refractivity contribution in [3.05, 3.63) is 52.0 Å². The molecule has 5 heteroatoms. The highest BCUT2D eigenvalue weighted by Gasteiger charge is 2.36. The lowest BCUT2D eigenvalue weighted by atomic mass is 10.1. The maximum absolute atomic E-state index is 6.12. The molecule has 0 N–H and O–H groups in total. The third-order valence-corrected chi connectivity index (χ3v) is 6.02. The number of fused-ring (bicyclic) bond motifs is 1. The molecule has 0 amide bonds. The third kappa shape index (κ3) is 3.86. The van der Waals surface area contributed by atoms with E-state index in [-0.39, 0.29) is 0 Å². The molecule has 24 heavy (non-hydrogen) atoms. The van der Waals surface area contributed by atoms with Crippen molar-refractivity contribution < 1.29 is 4.74 Å². The lowest BCUT2D eigenvalue weighted by Gasteiger charge is -2.37. The predicted molar refractivity (Wildman–Crippen MR) is 97.1 cm³/mol. The van der Waals surface area contributed by atoms with Gasteiger partial charge in [0.2, 0.25) is 0 Å². The van der Waals surface area contributed by atoms with E-state index in [1.807, 2.05) is 35.7 Å². The van der Waals surface area contributed by atoms with Gasteiger partial charge in [0.1, 0.15) is 0 Å². The maximum Gasteiger partial charge on any atom is 0.0892 e. The van der Waals surface area contributed by atoms with Gasteiger partial charge in [-0.3, -0.25) is 14.8 Å². The zero-order valence-electron chi connectivity index (χ0n) is 14.2. The second kappa shape index (κ2) is 7.31. The van der Waals surface area contributed by atoms with E-state index < -0.39 is 0 Å². The van der Waals surface area contributed by atoms with E-state index in [2.05, 4.69) is 33.8 Å². The Morgan fingerprint density at radius 3 is 2.96 bits per heavy atom. The molecule has 2 aromatic rings. The Balaban J connectivity index is 1.27. The smallest absolute Gasteiger partial charge is 0.0892 e. The summed E-state index contributed by atoms with van der Waals surface area (Å²) in [5, 5.41) is 0. The van der Waals surface area contributed by atoms with Crippen molar-refractivity contribution in [1.82, 2.24) is 14.8 Å². The Morgan fingerprint density at radius 2 is 2.17 bits per heavy atom. The molecule has 2 fully saturated rings. The molecular formula is C19H25N3OS. The summed E-state index contributed by atoms with van der Waals surface area (Å²) in [4.78, 5) is 12.5. The normalized spacial score (nSPS) is 25.0. The summed E-state index contributed by atoms with van der Waals surface area (Å²) in [5.41, 5.74) is 1.03. The monoisotopic (exact) mass is 343 g/mol. The van der Waals surface area contributed by atoms with Gasteiger partial charge in [-0.25, -0.2) is 0 Å². The SMILES string of the molecule is Cc1ccc(CN2CCN3C[C@H](OCc4ccccn4)C[C@H]3C2)s1. The Bertz CT molecular complexity index is 660. The lowest BCUT2D eigenvalue weighted by molar-refractivity contribution is 0.0440. The van der Waals surface area contributed by atoms with E-state index in [1.165, 1.54) is 29.4 Å². The van der Waals surface area contributed by atoms with Crippen molar-refractivity contribution in [2.45, 2.75) is 38.6 Å². The van der Waals surface area contributed by atoms with Crippen molar-refractivity contribution in [2.75, 3.05) is 26.2 Å². The standard InChI is InChI=1S/C19H25N3OS/c1-15-5-6-19(24-15)13-21-8-9-22-12-18(10-17(22)11-21)23-14-16-4-2-3-7-20-16/h2-7,17-18H,8-14H2,1H3/t17-,18+/m0/s1. The molecule has 2 aliphatic rings. The number of hydrogen-bond donors (Lipinski definition) is 0. The molecule has 2 aromatic heterocycles. The van der Waals surface area contributed by atoms with Crippen molar-refractivity contribution in [2.24, 2.45) is 0 Å². The number of aromatic nitrogens is 1. The molecule has 2 atom stereocenters. The molecule has 0 aromatic carbocycles. The van der Waals surface area contributed by atoms with Crippen LogP contribution in [0.25, 0.3) is 0 Å². The zero-order chi connectivity index (χ0) is 16.4. The second-order valence-electron chi connectivity index (χ2n) is 6.89. The molecule has 4 nitrogen and oxygen atoms in total. The summed E-state index contributed by atoms with van der Waals surface area (Å²) in [6, 6.07) is 11.2. The van der Waals surface area contributed by atoms with Crippen LogP contribution >= 0.6 is 11.3 Å². The number of pyridine rings is 1. The molecule has 0 saturated carbocycles. The van der Waals surface area contributed by atoms with Crippen molar-refractivity contribution in [3.8, 4) is 0 Å². The second-order valence-corrected chi connectivity index (χ2v) is 8.26. The Hall–Kier alpha value is -1.27. The molecule has 2 saturated heterocycles. The minimum atomic E-state index is 0.348. The number of piperazine rings is 1. The largest absolute Gasteiger partial charge is 0.371 e. The van der Waals surface area contributed by atoms with Crippen molar-refractivity contribution in [3.63, 3.8) is 0 Å². The fourth-order valence-corrected chi connectivity index (χ4v) is 4.74. The first-order valence-corrected chi connectivity index (χ1v) is 9.61. The number of ether oxygens (including phenoxy) is 1. The number of nitrogens with zero attached hydrogens (tertiary/aromatic N) is 3. The summed E-state index contributed by atoms with van der Waals surface area (Å²) in [5.74, 6) is 0. The van der Waals surface area contributed by atoms with Crippen LogP contribution < -0.4 is 0 Å². The molecule has 0 spiro atoms. The van der Waals surface area contributed by atoms with Gasteiger partial charge in [-0.2, -0.15) is 0 Å². The molecule has 0 unspecified atom stereocenters. The van der Waals surface area contributed by atoms with E-state index in [0.717, 1.165) is 25.2 Å². The van der Waals surface area contributed by atoms with Crippen LogP contribution in [0.1, 0.15) is 21.9 Å². The van der Waals surface area contributed by atoms with Gasteiger partial charge in [0.05, 0.1) is 18.4 Å². The van der Waals surface area contributed by atoms with Crippen molar-refractivity contribution in [1.29, 1.82) is 0 Å². The third-order valence-electron chi connectivity index (χ3n) is 5.03. The van der Waals surface area contributed by atoms with Crippen LogP contribution in [0.15, 0.2) is 36.5 Å². The number of aryl methyl sites for hydroxylation is 1. The maximum atomic E-state index is 6.12. The molecular weight excluding hydrogens is 318 g/mol. The van der Waals surface area contributed by atoms with Crippen molar-refractivity contribution >= 4 is 11.3 Å². The highest BCUT2D eigenvalue weighted by atomic mass is 32.1. The highest BCUT2D eigenvalue weighted by molar-refractivity contribution is 7.11. The summed E-state index contributed by atoms with van der Waals surface area (Å²) in [6.45, 7) is 8.49. The van der Waals surface area contributed by atoms with E-state index in [4.69, 9.17) is 4.74 Å². The highest BCUT2D eigenvalue weighted by Crippen LogP contribution is 2.26. The molecule has 0 bridgehead atoms. The fourth-order valence-electron chi connectivity index (χ4n) is 3.80. The first kappa shape index (κ1) is 16.2. The van der Waals surface area contributed by atoms with Gasteiger partial charge >= 0.3 is 0 Å². The Morgan fingerprint density at radius 1 is 1.21 bits per heavy atom. The Kier molecular flexibility index (Phi) is 4.94. The summed E-state index contributed by atoms with van der Waals surface area (Å²) >= 11 is 1.93. The first-order valence-electron chi connectivity index (χ1n) is 8.79. The molecule has 0 radical (unpaired) electrons. The van der Waals surface area contributed by atoms with E-state index >= 15 is 0 Å². The molecule has 128 valence electrons. The van der Waals surface area contributed by atoms with E-state index in [0.29, 0.717) is 18.8 Å². The average molecular weight is 343 g/mol. The minimum absolute atomic E-state index is 0.348. The van der Waals surface area contributed by atoms with Gasteiger partial charge in [-0.1, -0.05) is 6.07 Å². The number of hydrogen-bond acceptors (Lipinski definition) is 5. The Labute approximate surface area is 148 Å².